The predicted octanol–water partition coefficient (Wildman–Crippen LogP) is 0.589. The Morgan fingerprint density at radius 1 is 1.39 bits per heavy atom. The zero-order valence-electron chi connectivity index (χ0n) is 10.8. The van der Waals surface area contributed by atoms with Gasteiger partial charge in [-0.15, -0.1) is 0 Å². The van der Waals surface area contributed by atoms with Crippen molar-refractivity contribution in [2.75, 3.05) is 20.3 Å². The molecule has 2 N–H and O–H groups in total. The summed E-state index contributed by atoms with van der Waals surface area (Å²) in [6.07, 6.45) is -0.851. The summed E-state index contributed by atoms with van der Waals surface area (Å²) in [6, 6.07) is 5.11. The number of nitrogens with one attached hydrogen (secondary N) is 1. The zero-order valence-corrected chi connectivity index (χ0v) is 11.6. The van der Waals surface area contributed by atoms with Crippen molar-refractivity contribution in [3.8, 4) is 0 Å². The minimum Gasteiger partial charge on any atom is -0.389 e. The molecule has 0 saturated heterocycles. The first-order valence-corrected chi connectivity index (χ1v) is 7.09. The second kappa shape index (κ2) is 6.29. The minimum absolute atomic E-state index is 0.0660. The Hall–Kier alpha value is -0.950. The van der Waals surface area contributed by atoms with E-state index in [2.05, 4.69) is 4.72 Å². The van der Waals surface area contributed by atoms with Crippen LogP contribution in [0, 0.1) is 13.8 Å². The standard InChI is InChI=1S/C12H19NO4S/c1-9-4-5-12(10(2)6-9)18(15,16)13-7-11(14)8-17-3/h4-6,11,13-14H,7-8H2,1-3H3. The maximum absolute atomic E-state index is 12.0. The number of ether oxygens (including phenoxy) is 1. The van der Waals surface area contributed by atoms with Gasteiger partial charge in [0.25, 0.3) is 0 Å². The van der Waals surface area contributed by atoms with E-state index in [1.54, 1.807) is 25.1 Å². The van der Waals surface area contributed by atoms with Gasteiger partial charge in [0, 0.05) is 13.7 Å². The van der Waals surface area contributed by atoms with E-state index in [-0.39, 0.29) is 18.0 Å². The van der Waals surface area contributed by atoms with Crippen molar-refractivity contribution < 1.29 is 18.3 Å². The molecule has 1 rings (SSSR count). The van der Waals surface area contributed by atoms with Crippen LogP contribution in [0.5, 0.6) is 0 Å². The first kappa shape index (κ1) is 15.1. The van der Waals surface area contributed by atoms with Crippen LogP contribution in [0.25, 0.3) is 0 Å². The lowest BCUT2D eigenvalue weighted by Crippen LogP contribution is -2.34. The molecule has 0 aromatic heterocycles. The van der Waals surface area contributed by atoms with Crippen LogP contribution in [0.1, 0.15) is 11.1 Å². The molecule has 5 nitrogen and oxygen atoms in total. The number of rotatable bonds is 6. The van der Waals surface area contributed by atoms with Gasteiger partial charge in [0.2, 0.25) is 10.0 Å². The number of hydrogen-bond acceptors (Lipinski definition) is 4. The molecule has 6 heteroatoms. The first-order valence-electron chi connectivity index (χ1n) is 5.60. The fourth-order valence-electron chi connectivity index (χ4n) is 1.64. The van der Waals surface area contributed by atoms with Gasteiger partial charge in [-0.1, -0.05) is 17.7 Å². The Balaban J connectivity index is 2.80. The van der Waals surface area contributed by atoms with Crippen LogP contribution < -0.4 is 4.72 Å². The van der Waals surface area contributed by atoms with Gasteiger partial charge in [-0.25, -0.2) is 13.1 Å². The molecule has 0 fully saturated rings. The van der Waals surface area contributed by atoms with E-state index in [1.807, 2.05) is 6.92 Å². The van der Waals surface area contributed by atoms with Crippen LogP contribution >= 0.6 is 0 Å². The maximum atomic E-state index is 12.0. The fourth-order valence-corrected chi connectivity index (χ4v) is 2.93. The summed E-state index contributed by atoms with van der Waals surface area (Å²) < 4.78 is 31.1. The molecule has 0 amide bonds. The smallest absolute Gasteiger partial charge is 0.240 e. The maximum Gasteiger partial charge on any atom is 0.240 e. The highest BCUT2D eigenvalue weighted by molar-refractivity contribution is 7.89. The Morgan fingerprint density at radius 2 is 2.06 bits per heavy atom. The Morgan fingerprint density at radius 3 is 2.61 bits per heavy atom. The normalized spacial score (nSPS) is 13.6. The van der Waals surface area contributed by atoms with E-state index >= 15 is 0 Å². The SMILES string of the molecule is COCC(O)CNS(=O)(=O)c1ccc(C)cc1C. The highest BCUT2D eigenvalue weighted by Gasteiger charge is 2.17. The summed E-state index contributed by atoms with van der Waals surface area (Å²) in [6.45, 7) is 3.67. The monoisotopic (exact) mass is 273 g/mol. The molecule has 0 spiro atoms. The number of aliphatic hydroxyl groups excluding tert-OH is 1. The largest absolute Gasteiger partial charge is 0.389 e. The number of aryl methyl sites for hydroxylation is 2. The van der Waals surface area contributed by atoms with Crippen molar-refractivity contribution in [1.29, 1.82) is 0 Å². The van der Waals surface area contributed by atoms with Gasteiger partial charge in [0.1, 0.15) is 0 Å². The van der Waals surface area contributed by atoms with Gasteiger partial charge < -0.3 is 9.84 Å². The lowest BCUT2D eigenvalue weighted by molar-refractivity contribution is 0.0679. The van der Waals surface area contributed by atoms with Crippen LogP contribution in [0.3, 0.4) is 0 Å². The summed E-state index contributed by atoms with van der Waals surface area (Å²) in [5.41, 5.74) is 1.69. The van der Waals surface area contributed by atoms with Gasteiger partial charge in [-0.3, -0.25) is 0 Å². The quantitative estimate of drug-likeness (QED) is 0.795. The third kappa shape index (κ3) is 4.06. The highest BCUT2D eigenvalue weighted by atomic mass is 32.2. The minimum atomic E-state index is -3.59. The molecule has 1 aromatic carbocycles. The van der Waals surface area contributed by atoms with Crippen LogP contribution in [-0.2, 0) is 14.8 Å². The first-order chi connectivity index (χ1) is 8.36. The van der Waals surface area contributed by atoms with Gasteiger partial charge in [-0.05, 0) is 25.5 Å². The summed E-state index contributed by atoms with van der Waals surface area (Å²) in [4.78, 5) is 0.234. The molecule has 0 heterocycles. The zero-order chi connectivity index (χ0) is 13.8. The predicted molar refractivity (Wildman–Crippen MR) is 69.0 cm³/mol. The van der Waals surface area contributed by atoms with E-state index in [1.165, 1.54) is 7.11 Å². The third-order valence-electron chi connectivity index (χ3n) is 2.49. The molecule has 0 aliphatic heterocycles. The van der Waals surface area contributed by atoms with E-state index < -0.39 is 16.1 Å². The molecule has 0 bridgehead atoms. The van der Waals surface area contributed by atoms with Crippen LogP contribution in [0.2, 0.25) is 0 Å². The number of benzene rings is 1. The van der Waals surface area contributed by atoms with E-state index in [4.69, 9.17) is 4.74 Å². The second-order valence-electron chi connectivity index (χ2n) is 4.23. The third-order valence-corrected chi connectivity index (χ3v) is 4.07. The molecule has 0 aliphatic rings. The Bertz CT molecular complexity index is 499. The van der Waals surface area contributed by atoms with Crippen LogP contribution in [0.4, 0.5) is 0 Å². The topological polar surface area (TPSA) is 75.6 Å². The summed E-state index contributed by atoms with van der Waals surface area (Å²) in [7, 11) is -2.14. The van der Waals surface area contributed by atoms with Crippen molar-refractivity contribution in [2.24, 2.45) is 0 Å². The number of sulfonamides is 1. The van der Waals surface area contributed by atoms with Gasteiger partial charge in [0.15, 0.2) is 0 Å². The molecule has 1 unspecified atom stereocenters. The molecule has 102 valence electrons. The van der Waals surface area contributed by atoms with Crippen molar-refractivity contribution in [3.05, 3.63) is 29.3 Å². The summed E-state index contributed by atoms with van der Waals surface area (Å²) >= 11 is 0. The number of aliphatic hydroxyl groups is 1. The van der Waals surface area contributed by atoms with Crippen LogP contribution in [0.15, 0.2) is 23.1 Å². The van der Waals surface area contributed by atoms with Gasteiger partial charge >= 0.3 is 0 Å². The molecular weight excluding hydrogens is 254 g/mol. The van der Waals surface area contributed by atoms with Crippen molar-refractivity contribution >= 4 is 10.0 Å². The number of hydrogen-bond donors (Lipinski definition) is 2. The highest BCUT2D eigenvalue weighted by Crippen LogP contribution is 2.16. The molecule has 1 aromatic rings. The molecule has 0 aliphatic carbocycles. The van der Waals surface area contributed by atoms with E-state index in [0.29, 0.717) is 5.56 Å². The van der Waals surface area contributed by atoms with Crippen molar-refractivity contribution in [3.63, 3.8) is 0 Å². The lowest BCUT2D eigenvalue weighted by Gasteiger charge is -2.13. The molecular formula is C12H19NO4S. The lowest BCUT2D eigenvalue weighted by atomic mass is 10.2. The fraction of sp³-hybridized carbons (Fsp3) is 0.500. The van der Waals surface area contributed by atoms with Crippen molar-refractivity contribution in [2.45, 2.75) is 24.8 Å². The molecule has 1 atom stereocenters. The van der Waals surface area contributed by atoms with E-state index in [9.17, 15) is 13.5 Å². The Labute approximate surface area is 108 Å². The molecule has 0 saturated carbocycles. The number of methoxy groups -OCH3 is 1. The van der Waals surface area contributed by atoms with Crippen LogP contribution in [-0.4, -0.2) is 39.9 Å². The second-order valence-corrected chi connectivity index (χ2v) is 5.97. The summed E-state index contributed by atoms with van der Waals surface area (Å²) in [5.74, 6) is 0. The average molecular weight is 273 g/mol. The van der Waals surface area contributed by atoms with Gasteiger partial charge in [-0.2, -0.15) is 0 Å². The Kier molecular flexibility index (Phi) is 5.28. The average Bonchev–Trinajstić information content (AvgIpc) is 2.26. The molecule has 18 heavy (non-hydrogen) atoms. The summed E-state index contributed by atoms with van der Waals surface area (Å²) in [5, 5.41) is 9.42. The van der Waals surface area contributed by atoms with Gasteiger partial charge in [0.05, 0.1) is 17.6 Å². The van der Waals surface area contributed by atoms with Crippen molar-refractivity contribution in [1.82, 2.24) is 4.72 Å². The van der Waals surface area contributed by atoms with E-state index in [0.717, 1.165) is 5.56 Å². The molecule has 0 radical (unpaired) electrons.